The molecule has 0 amide bonds. The molecule has 1 aliphatic rings. The summed E-state index contributed by atoms with van der Waals surface area (Å²) >= 11 is 0. The summed E-state index contributed by atoms with van der Waals surface area (Å²) in [7, 11) is 5.32. The van der Waals surface area contributed by atoms with Crippen molar-refractivity contribution in [3.05, 3.63) is 35.4 Å². The van der Waals surface area contributed by atoms with Crippen molar-refractivity contribution in [2.45, 2.75) is 39.4 Å². The number of likely N-dealkylation sites (tertiary alicyclic amines) is 1. The van der Waals surface area contributed by atoms with Gasteiger partial charge in [0, 0.05) is 45.3 Å². The van der Waals surface area contributed by atoms with Gasteiger partial charge in [-0.3, -0.25) is 4.90 Å². The summed E-state index contributed by atoms with van der Waals surface area (Å²) < 4.78 is 12.7. The number of ether oxygens (including phenoxy) is 2. The van der Waals surface area contributed by atoms with Crippen LogP contribution in [0.3, 0.4) is 0 Å². The van der Waals surface area contributed by atoms with Crippen molar-refractivity contribution in [2.75, 3.05) is 33.9 Å². The molecule has 1 saturated heterocycles. The second-order valence-electron chi connectivity index (χ2n) is 7.50. The largest absolute Gasteiger partial charge is 0.497 e. The Kier molecular flexibility index (Phi) is 9.82. The molecule has 0 bridgehead atoms. The Hall–Kier alpha value is -2.08. The Labute approximate surface area is 201 Å². The van der Waals surface area contributed by atoms with Crippen LogP contribution >= 0.6 is 24.0 Å². The van der Waals surface area contributed by atoms with Crippen molar-refractivity contribution in [3.63, 3.8) is 0 Å². The maximum atomic E-state index is 5.39. The fourth-order valence-electron chi connectivity index (χ4n) is 3.56. The molecule has 1 aromatic carbocycles. The highest BCUT2D eigenvalue weighted by Gasteiger charge is 2.23. The van der Waals surface area contributed by atoms with Gasteiger partial charge in [-0.1, -0.05) is 0 Å². The molecule has 31 heavy (non-hydrogen) atoms. The van der Waals surface area contributed by atoms with E-state index in [4.69, 9.17) is 14.5 Å². The molecule has 0 radical (unpaired) electrons. The summed E-state index contributed by atoms with van der Waals surface area (Å²) in [4.78, 5) is 7.13. The molecule has 3 rings (SSSR count). The quantitative estimate of drug-likeness (QED) is 0.300. The highest BCUT2D eigenvalue weighted by atomic mass is 127. The topological polar surface area (TPSA) is 88.8 Å². The predicted octanol–water partition coefficient (Wildman–Crippen LogP) is 2.09. The zero-order chi connectivity index (χ0) is 21.5. The fourth-order valence-corrected chi connectivity index (χ4v) is 3.56. The number of nitrogens with zero attached hydrogens (tertiary/aromatic N) is 5. The molecule has 2 heterocycles. The fraction of sp³-hybridized carbons (Fsp3) is 0.571. The normalized spacial score (nSPS) is 16.7. The van der Waals surface area contributed by atoms with Crippen LogP contribution < -0.4 is 20.1 Å². The average molecular weight is 543 g/mol. The highest BCUT2D eigenvalue weighted by molar-refractivity contribution is 14.0. The highest BCUT2D eigenvalue weighted by Crippen LogP contribution is 2.24. The number of nitrogens with one attached hydrogen (secondary N) is 2. The van der Waals surface area contributed by atoms with Crippen LogP contribution in [0.25, 0.3) is 0 Å². The number of aromatic nitrogens is 3. The summed E-state index contributed by atoms with van der Waals surface area (Å²) in [5.41, 5.74) is 1.19. The lowest BCUT2D eigenvalue weighted by atomic mass is 10.2. The average Bonchev–Trinajstić information content (AvgIpc) is 3.32. The number of benzene rings is 1. The van der Waals surface area contributed by atoms with Crippen LogP contribution in [0.5, 0.6) is 11.5 Å². The Morgan fingerprint density at radius 1 is 1.19 bits per heavy atom. The van der Waals surface area contributed by atoms with E-state index in [1.807, 2.05) is 24.6 Å². The smallest absolute Gasteiger partial charge is 0.191 e. The van der Waals surface area contributed by atoms with E-state index in [2.05, 4.69) is 44.8 Å². The zero-order valence-corrected chi connectivity index (χ0v) is 21.3. The van der Waals surface area contributed by atoms with E-state index in [0.29, 0.717) is 12.6 Å². The van der Waals surface area contributed by atoms with Gasteiger partial charge in [-0.05, 0) is 38.0 Å². The molecule has 1 atom stereocenters. The Morgan fingerprint density at radius 3 is 2.48 bits per heavy atom. The monoisotopic (exact) mass is 543 g/mol. The zero-order valence-electron chi connectivity index (χ0n) is 19.0. The molecular formula is C21H34IN7O2. The molecule has 172 valence electrons. The first-order chi connectivity index (χ1) is 14.5. The van der Waals surface area contributed by atoms with E-state index in [-0.39, 0.29) is 24.0 Å². The summed E-state index contributed by atoms with van der Waals surface area (Å²) in [5.74, 6) is 4.19. The van der Waals surface area contributed by atoms with Crippen LogP contribution in [0.4, 0.5) is 0 Å². The van der Waals surface area contributed by atoms with Crippen LogP contribution in [-0.2, 0) is 20.1 Å². The van der Waals surface area contributed by atoms with Gasteiger partial charge < -0.3 is 24.7 Å². The van der Waals surface area contributed by atoms with Gasteiger partial charge in [0.15, 0.2) is 11.8 Å². The van der Waals surface area contributed by atoms with Gasteiger partial charge in [0.1, 0.15) is 23.9 Å². The molecular weight excluding hydrogens is 509 g/mol. The van der Waals surface area contributed by atoms with E-state index in [9.17, 15) is 0 Å². The molecule has 0 spiro atoms. The lowest BCUT2D eigenvalue weighted by Gasteiger charge is -2.19. The Morgan fingerprint density at radius 2 is 1.90 bits per heavy atom. The van der Waals surface area contributed by atoms with Crippen LogP contribution in [0.1, 0.15) is 30.6 Å². The van der Waals surface area contributed by atoms with Crippen molar-refractivity contribution >= 4 is 29.9 Å². The van der Waals surface area contributed by atoms with Gasteiger partial charge in [0.2, 0.25) is 0 Å². The number of guanidine groups is 1. The van der Waals surface area contributed by atoms with E-state index in [1.54, 1.807) is 14.2 Å². The molecule has 9 nitrogen and oxygen atoms in total. The van der Waals surface area contributed by atoms with Gasteiger partial charge in [-0.25, -0.2) is 4.99 Å². The van der Waals surface area contributed by atoms with Gasteiger partial charge in [-0.15, -0.1) is 34.2 Å². The van der Waals surface area contributed by atoms with Crippen LogP contribution in [0, 0.1) is 6.92 Å². The number of methoxy groups -OCH3 is 2. The van der Waals surface area contributed by atoms with Gasteiger partial charge >= 0.3 is 0 Å². The number of aliphatic imine (C=N–C) groups is 1. The minimum atomic E-state index is 0. The first-order valence-electron chi connectivity index (χ1n) is 10.4. The van der Waals surface area contributed by atoms with Gasteiger partial charge in [0.25, 0.3) is 0 Å². The number of halogens is 1. The van der Waals surface area contributed by atoms with Crippen molar-refractivity contribution < 1.29 is 9.47 Å². The third kappa shape index (κ3) is 6.96. The second-order valence-corrected chi connectivity index (χ2v) is 7.50. The van der Waals surface area contributed by atoms with Gasteiger partial charge in [0.05, 0.1) is 14.2 Å². The summed E-state index contributed by atoms with van der Waals surface area (Å²) in [5, 5.41) is 15.2. The summed E-state index contributed by atoms with van der Waals surface area (Å²) in [6.45, 7) is 8.15. The first-order valence-corrected chi connectivity index (χ1v) is 10.4. The second kappa shape index (κ2) is 12.1. The molecule has 2 N–H and O–H groups in total. The molecule has 1 aromatic heterocycles. The Balaban J connectivity index is 0.00000341. The molecule has 0 saturated carbocycles. The molecule has 2 aromatic rings. The van der Waals surface area contributed by atoms with E-state index >= 15 is 0 Å². The third-order valence-corrected chi connectivity index (χ3v) is 5.34. The maximum absolute atomic E-state index is 5.39. The van der Waals surface area contributed by atoms with Crippen molar-refractivity contribution in [1.29, 1.82) is 0 Å². The predicted molar refractivity (Wildman–Crippen MR) is 132 cm³/mol. The van der Waals surface area contributed by atoms with Crippen LogP contribution in [0.15, 0.2) is 23.2 Å². The number of aryl methyl sites for hydroxylation is 1. The lowest BCUT2D eigenvalue weighted by molar-refractivity contribution is 0.321. The maximum Gasteiger partial charge on any atom is 0.191 e. The van der Waals surface area contributed by atoms with E-state index in [0.717, 1.165) is 61.7 Å². The third-order valence-electron chi connectivity index (χ3n) is 5.34. The molecule has 0 aliphatic carbocycles. The van der Waals surface area contributed by atoms with Crippen molar-refractivity contribution in [2.24, 2.45) is 12.0 Å². The number of hydrogen-bond acceptors (Lipinski definition) is 6. The first kappa shape index (κ1) is 25.2. The molecule has 10 heteroatoms. The van der Waals surface area contributed by atoms with Crippen LogP contribution in [0.2, 0.25) is 0 Å². The standard InChI is InChI=1S/C21H33N7O2.HI/c1-6-22-21(23-12-20-26-25-15(2)27(20)3)24-17-7-8-28(14-17)13-16-9-18(29-4)11-19(10-16)30-5;/h9-11,17H,6-8,12-14H2,1-5H3,(H2,22,23,24);1H. The Bertz CT molecular complexity index is 849. The van der Waals surface area contributed by atoms with E-state index < -0.39 is 0 Å². The lowest BCUT2D eigenvalue weighted by Crippen LogP contribution is -2.44. The SMILES string of the molecule is CCNC(=NCc1nnc(C)n1C)NC1CCN(Cc2cc(OC)cc(OC)c2)C1.I. The summed E-state index contributed by atoms with van der Waals surface area (Å²) in [6, 6.07) is 6.38. The van der Waals surface area contributed by atoms with Crippen LogP contribution in [-0.4, -0.2) is 65.5 Å². The molecule has 1 fully saturated rings. The minimum absolute atomic E-state index is 0. The van der Waals surface area contributed by atoms with Gasteiger partial charge in [-0.2, -0.15) is 0 Å². The van der Waals surface area contributed by atoms with Crippen molar-refractivity contribution in [3.8, 4) is 11.5 Å². The number of rotatable bonds is 8. The molecule has 1 aliphatic heterocycles. The summed E-state index contributed by atoms with van der Waals surface area (Å²) in [6.07, 6.45) is 1.06. The number of hydrogen-bond donors (Lipinski definition) is 2. The molecule has 1 unspecified atom stereocenters. The van der Waals surface area contributed by atoms with Crippen molar-refractivity contribution in [1.82, 2.24) is 30.3 Å². The minimum Gasteiger partial charge on any atom is -0.497 e. The van der Waals surface area contributed by atoms with E-state index in [1.165, 1.54) is 5.56 Å².